The number of hydrogen-bond donors (Lipinski definition) is 0. The van der Waals surface area contributed by atoms with Crippen molar-refractivity contribution in [3.05, 3.63) is 155 Å². The molecule has 3 heterocycles. The van der Waals surface area contributed by atoms with Crippen molar-refractivity contribution in [2.75, 3.05) is 65.7 Å². The van der Waals surface area contributed by atoms with Crippen LogP contribution in [0.5, 0.6) is 0 Å². The number of nitrogens with zero attached hydrogens (tertiary/aromatic N) is 3. The van der Waals surface area contributed by atoms with Gasteiger partial charge < -0.3 is 39.7 Å². The standard InChI is InChI=1S/C30H32N2O3.C24H27NO3.2H2O.Pd/c33-29(34-21-28-26-12-6-4-10-24(26)25-11-5-7-13-27(25)28)32-18-19-35-30(22-32)14-16-31(17-15-30)20-23-8-2-1-3-9-23;26-23(25-14-15-28-24(17-25)12-6-1-7-13-24)27-16-22-20-10-4-2-8-18(20)19-9-3-5-11-21(19)22;;;/h1-13,28H,14-22H2;2-5,8-11,22H,1,6-7,12-17H2;2*1H2;. The molecule has 4 fully saturated rings. The number of likely N-dealkylation sites (tertiary alicyclic amines) is 1. The van der Waals surface area contributed by atoms with Crippen LogP contribution in [0.25, 0.3) is 22.3 Å². The zero-order valence-corrected chi connectivity index (χ0v) is 39.2. The van der Waals surface area contributed by atoms with E-state index in [4.69, 9.17) is 18.9 Å². The zero-order chi connectivity index (χ0) is 42.6. The summed E-state index contributed by atoms with van der Waals surface area (Å²) in [5.74, 6) is 0.198. The summed E-state index contributed by atoms with van der Waals surface area (Å²) in [6.45, 7) is 7.36. The zero-order valence-electron chi connectivity index (χ0n) is 37.6. The first-order chi connectivity index (χ1) is 31.0. The smallest absolute Gasteiger partial charge is 0.409 e. The fraction of sp³-hybridized carbons (Fsp3) is 0.407. The summed E-state index contributed by atoms with van der Waals surface area (Å²) in [6.07, 6.45) is 7.23. The maximum Gasteiger partial charge on any atom is 0.409 e. The molecule has 2 amide bonds. The molecular weight excluding hydrogens is 925 g/mol. The molecule has 11 nitrogen and oxygen atoms in total. The van der Waals surface area contributed by atoms with Crippen LogP contribution in [0.15, 0.2) is 127 Å². The number of rotatable bonds is 6. The minimum absolute atomic E-state index is 0. The third-order valence-electron chi connectivity index (χ3n) is 14.5. The molecule has 4 N–H and O–H groups in total. The van der Waals surface area contributed by atoms with Gasteiger partial charge in [-0.2, -0.15) is 0 Å². The molecule has 3 aliphatic heterocycles. The van der Waals surface area contributed by atoms with Gasteiger partial charge in [0.15, 0.2) is 0 Å². The molecule has 3 aliphatic carbocycles. The Morgan fingerprint density at radius 1 is 0.500 bits per heavy atom. The predicted molar refractivity (Wildman–Crippen MR) is 252 cm³/mol. The Balaban J connectivity index is 0.000000192. The summed E-state index contributed by atoms with van der Waals surface area (Å²) >= 11 is 0. The van der Waals surface area contributed by atoms with E-state index < -0.39 is 0 Å². The van der Waals surface area contributed by atoms with Gasteiger partial charge in [0.05, 0.1) is 37.5 Å². The maximum absolute atomic E-state index is 13.1. The minimum Gasteiger partial charge on any atom is -0.448 e. The molecule has 2 spiro atoms. The van der Waals surface area contributed by atoms with E-state index in [0.717, 1.165) is 45.3 Å². The minimum atomic E-state index is -0.253. The molecule has 352 valence electrons. The largest absolute Gasteiger partial charge is 0.448 e. The second-order valence-electron chi connectivity index (χ2n) is 18.3. The summed E-state index contributed by atoms with van der Waals surface area (Å²) in [4.78, 5) is 32.2. The van der Waals surface area contributed by atoms with Gasteiger partial charge in [-0.1, -0.05) is 147 Å². The number of morpholine rings is 2. The van der Waals surface area contributed by atoms with Gasteiger partial charge in [0.2, 0.25) is 0 Å². The van der Waals surface area contributed by atoms with Crippen LogP contribution in [0.3, 0.4) is 0 Å². The molecule has 66 heavy (non-hydrogen) atoms. The first kappa shape index (κ1) is 49.0. The maximum atomic E-state index is 13.1. The Bertz CT molecular complexity index is 2310. The van der Waals surface area contributed by atoms with E-state index in [9.17, 15) is 9.59 Å². The van der Waals surface area contributed by atoms with Gasteiger partial charge in [0, 0.05) is 65.0 Å². The molecule has 0 unspecified atom stereocenters. The van der Waals surface area contributed by atoms with E-state index in [-0.39, 0.29) is 66.6 Å². The second kappa shape index (κ2) is 21.8. The Labute approximate surface area is 402 Å². The average molecular weight is 989 g/mol. The van der Waals surface area contributed by atoms with Crippen LogP contribution in [-0.4, -0.2) is 115 Å². The molecule has 3 saturated heterocycles. The topological polar surface area (TPSA) is 144 Å². The SMILES string of the molecule is O.O.O=C(OCC1c2ccccc2-c2ccccc21)N1CCOC2(CCCCC2)C1.O=C(OCC1c2ccccc2-c2ccccc21)N1CCOC2(CCN(Cc3ccccc3)CC2)C1.[Pd]. The fourth-order valence-electron chi connectivity index (χ4n) is 11.1. The molecule has 0 bridgehead atoms. The number of fused-ring (bicyclic) bond motifs is 6. The van der Waals surface area contributed by atoms with Crippen LogP contribution in [-0.2, 0) is 45.9 Å². The monoisotopic (exact) mass is 987 g/mol. The Morgan fingerprint density at radius 3 is 1.30 bits per heavy atom. The number of carbonyl (C=O) groups is 2. The quantitative estimate of drug-likeness (QED) is 0.155. The molecule has 0 aromatic heterocycles. The molecule has 6 aliphatic rings. The van der Waals surface area contributed by atoms with Crippen LogP contribution in [0, 0.1) is 0 Å². The van der Waals surface area contributed by atoms with Gasteiger partial charge >= 0.3 is 12.2 Å². The Morgan fingerprint density at radius 2 is 0.879 bits per heavy atom. The van der Waals surface area contributed by atoms with Crippen LogP contribution >= 0.6 is 0 Å². The van der Waals surface area contributed by atoms with Crippen molar-refractivity contribution in [3.63, 3.8) is 0 Å². The van der Waals surface area contributed by atoms with Crippen LogP contribution in [0.2, 0.25) is 0 Å². The summed E-state index contributed by atoms with van der Waals surface area (Å²) < 4.78 is 24.2. The number of benzene rings is 5. The van der Waals surface area contributed by atoms with Gasteiger partial charge in [-0.15, -0.1) is 0 Å². The summed E-state index contributed by atoms with van der Waals surface area (Å²) in [6, 6.07) is 44.4. The number of piperidine rings is 1. The first-order valence-electron chi connectivity index (χ1n) is 23.2. The van der Waals surface area contributed by atoms with E-state index in [2.05, 4.69) is 132 Å². The van der Waals surface area contributed by atoms with Crippen molar-refractivity contribution in [3.8, 4) is 22.3 Å². The summed E-state index contributed by atoms with van der Waals surface area (Å²) in [5, 5.41) is 0. The molecule has 12 heteroatoms. The van der Waals surface area contributed by atoms with Crippen molar-refractivity contribution < 1.29 is 59.9 Å². The first-order valence-corrected chi connectivity index (χ1v) is 23.2. The van der Waals surface area contributed by atoms with Gasteiger partial charge in [0.25, 0.3) is 0 Å². The van der Waals surface area contributed by atoms with Crippen molar-refractivity contribution in [1.29, 1.82) is 0 Å². The normalized spacial score (nSPS) is 19.0. The number of hydrogen-bond acceptors (Lipinski definition) is 7. The van der Waals surface area contributed by atoms with Gasteiger partial charge in [-0.3, -0.25) is 4.90 Å². The number of amides is 2. The van der Waals surface area contributed by atoms with E-state index in [0.29, 0.717) is 52.6 Å². The van der Waals surface area contributed by atoms with Crippen molar-refractivity contribution in [2.45, 2.75) is 74.5 Å². The number of carbonyl (C=O) groups excluding carboxylic acids is 2. The Kier molecular flexibility index (Phi) is 16.2. The molecule has 5 aromatic rings. The van der Waals surface area contributed by atoms with Gasteiger partial charge in [-0.25, -0.2) is 9.59 Å². The van der Waals surface area contributed by atoms with Crippen molar-refractivity contribution in [2.24, 2.45) is 0 Å². The van der Waals surface area contributed by atoms with E-state index in [1.54, 1.807) is 0 Å². The van der Waals surface area contributed by atoms with Crippen LogP contribution in [0.4, 0.5) is 9.59 Å². The fourth-order valence-corrected chi connectivity index (χ4v) is 11.1. The molecular formula is C54H63N3O8Pd. The third kappa shape index (κ3) is 10.3. The van der Waals surface area contributed by atoms with Gasteiger partial charge in [0.1, 0.15) is 13.2 Å². The molecule has 0 atom stereocenters. The van der Waals surface area contributed by atoms with Crippen molar-refractivity contribution >= 4 is 12.2 Å². The van der Waals surface area contributed by atoms with Crippen LogP contribution in [0.1, 0.15) is 84.6 Å². The van der Waals surface area contributed by atoms with Gasteiger partial charge in [-0.05, 0) is 75.8 Å². The molecule has 5 aromatic carbocycles. The van der Waals surface area contributed by atoms with Crippen LogP contribution < -0.4 is 0 Å². The van der Waals surface area contributed by atoms with E-state index in [1.807, 2.05) is 9.80 Å². The molecule has 1 saturated carbocycles. The van der Waals surface area contributed by atoms with E-state index >= 15 is 0 Å². The third-order valence-corrected chi connectivity index (χ3v) is 14.5. The molecule has 0 radical (unpaired) electrons. The number of ether oxygens (including phenoxy) is 4. The molecule has 11 rings (SSSR count). The summed E-state index contributed by atoms with van der Waals surface area (Å²) in [5.41, 5.74) is 10.9. The Hall–Kier alpha value is -4.90. The van der Waals surface area contributed by atoms with E-state index in [1.165, 1.54) is 69.3 Å². The predicted octanol–water partition coefficient (Wildman–Crippen LogP) is 8.62. The summed E-state index contributed by atoms with van der Waals surface area (Å²) in [7, 11) is 0. The van der Waals surface area contributed by atoms with Crippen molar-refractivity contribution in [1.82, 2.24) is 14.7 Å². The average Bonchev–Trinajstić information content (AvgIpc) is 3.84. The second-order valence-corrected chi connectivity index (χ2v) is 18.3.